The molecule has 4 nitrogen and oxygen atoms in total. The van der Waals surface area contributed by atoms with Gasteiger partial charge < -0.3 is 15.0 Å². The lowest BCUT2D eigenvalue weighted by Gasteiger charge is -2.33. The van der Waals surface area contributed by atoms with E-state index >= 15 is 0 Å². The summed E-state index contributed by atoms with van der Waals surface area (Å²) in [6, 6.07) is 5.87. The fourth-order valence-corrected chi connectivity index (χ4v) is 4.07. The maximum absolute atomic E-state index is 12.5. The van der Waals surface area contributed by atoms with Crippen LogP contribution in [0.4, 0.5) is 13.2 Å². The van der Waals surface area contributed by atoms with E-state index in [1.165, 1.54) is 56.0 Å². The molecule has 1 N–H and O–H groups in total. The third-order valence-electron chi connectivity index (χ3n) is 5.48. The molecule has 0 atom stereocenters. The summed E-state index contributed by atoms with van der Waals surface area (Å²) in [5, 5.41) is 2.96. The lowest BCUT2D eigenvalue weighted by Crippen LogP contribution is -2.45. The van der Waals surface area contributed by atoms with Gasteiger partial charge in [-0.1, -0.05) is 31.0 Å². The quantitative estimate of drug-likeness (QED) is 0.726. The second-order valence-electron chi connectivity index (χ2n) is 7.65. The highest BCUT2D eigenvalue weighted by molar-refractivity contribution is 5.92. The Morgan fingerprint density at radius 3 is 2.50 bits per heavy atom. The number of alkyl halides is 3. The lowest BCUT2D eigenvalue weighted by molar-refractivity contribution is -0.274. The largest absolute Gasteiger partial charge is 0.573 e. The number of carbonyl (C=O) groups is 1. The maximum Gasteiger partial charge on any atom is 0.573 e. The van der Waals surface area contributed by atoms with Crippen LogP contribution in [0.15, 0.2) is 30.3 Å². The van der Waals surface area contributed by atoms with Crippen molar-refractivity contribution in [3.8, 4) is 5.75 Å². The van der Waals surface area contributed by atoms with Gasteiger partial charge in [0.15, 0.2) is 0 Å². The number of para-hydroxylation sites is 1. The Morgan fingerprint density at radius 2 is 1.82 bits per heavy atom. The molecule has 1 aliphatic carbocycles. The minimum Gasteiger partial charge on any atom is -0.405 e. The van der Waals surface area contributed by atoms with Crippen molar-refractivity contribution in [2.75, 3.05) is 19.6 Å². The molecule has 1 aromatic rings. The van der Waals surface area contributed by atoms with Gasteiger partial charge in [0, 0.05) is 37.3 Å². The van der Waals surface area contributed by atoms with Crippen molar-refractivity contribution in [3.63, 3.8) is 0 Å². The van der Waals surface area contributed by atoms with Crippen LogP contribution in [0.1, 0.15) is 44.1 Å². The fourth-order valence-electron chi connectivity index (χ4n) is 4.07. The normalized spacial score (nSPS) is 20.0. The Bertz CT molecular complexity index is 676. The van der Waals surface area contributed by atoms with Gasteiger partial charge in [0.2, 0.25) is 5.91 Å². The van der Waals surface area contributed by atoms with E-state index in [4.69, 9.17) is 0 Å². The van der Waals surface area contributed by atoms with Crippen LogP contribution in [-0.2, 0) is 4.79 Å². The van der Waals surface area contributed by atoms with Crippen molar-refractivity contribution in [1.82, 2.24) is 10.2 Å². The van der Waals surface area contributed by atoms with Crippen LogP contribution in [0.2, 0.25) is 0 Å². The molecule has 1 saturated carbocycles. The average Bonchev–Trinajstić information content (AvgIpc) is 3.14. The number of ether oxygens (including phenoxy) is 1. The zero-order valence-corrected chi connectivity index (χ0v) is 15.9. The molecule has 1 aromatic carbocycles. The van der Waals surface area contributed by atoms with Gasteiger partial charge in [-0.3, -0.25) is 4.79 Å². The van der Waals surface area contributed by atoms with Crippen LogP contribution in [0.3, 0.4) is 0 Å². The number of rotatable bonds is 6. The van der Waals surface area contributed by atoms with E-state index in [9.17, 15) is 18.0 Å². The van der Waals surface area contributed by atoms with E-state index in [0.29, 0.717) is 0 Å². The first kappa shape index (κ1) is 20.7. The molecule has 0 bridgehead atoms. The topological polar surface area (TPSA) is 41.6 Å². The van der Waals surface area contributed by atoms with Crippen LogP contribution in [0, 0.1) is 5.92 Å². The van der Waals surface area contributed by atoms with Gasteiger partial charge >= 0.3 is 6.36 Å². The molecule has 1 aliphatic heterocycles. The van der Waals surface area contributed by atoms with Crippen molar-refractivity contribution in [2.45, 2.75) is 50.9 Å². The van der Waals surface area contributed by atoms with Crippen molar-refractivity contribution in [1.29, 1.82) is 0 Å². The number of hydrogen-bond acceptors (Lipinski definition) is 3. The van der Waals surface area contributed by atoms with Gasteiger partial charge in [-0.2, -0.15) is 0 Å². The first-order valence-electron chi connectivity index (χ1n) is 9.95. The van der Waals surface area contributed by atoms with Crippen molar-refractivity contribution >= 4 is 12.0 Å². The lowest BCUT2D eigenvalue weighted by atomic mass is 10.0. The standard InChI is InChI=1S/C21H27F3N2O2/c22-21(23,24)28-19-8-4-3-7-17(19)9-10-20(27)25-18-11-13-26(14-12-18)15-16-5-1-2-6-16/h3-4,7-10,16,18H,1-2,5-6,11-15H2,(H,25,27)/b10-9-. The Kier molecular flexibility index (Phi) is 6.99. The zero-order valence-electron chi connectivity index (χ0n) is 15.9. The predicted octanol–water partition coefficient (Wildman–Crippen LogP) is 4.37. The van der Waals surface area contributed by atoms with E-state index in [0.717, 1.165) is 38.4 Å². The summed E-state index contributed by atoms with van der Waals surface area (Å²) < 4.78 is 41.4. The molecular formula is C21H27F3N2O2. The van der Waals surface area contributed by atoms with Gasteiger partial charge in [0.1, 0.15) is 5.75 Å². The summed E-state index contributed by atoms with van der Waals surface area (Å²) >= 11 is 0. The Balaban J connectivity index is 1.46. The Labute approximate surface area is 163 Å². The Hall–Kier alpha value is -2.02. The molecule has 3 rings (SSSR count). The molecule has 7 heteroatoms. The second-order valence-corrected chi connectivity index (χ2v) is 7.65. The number of halogens is 3. The summed E-state index contributed by atoms with van der Waals surface area (Å²) in [5.74, 6) is 0.211. The minimum atomic E-state index is -4.77. The SMILES string of the molecule is O=C(/C=C\c1ccccc1OC(F)(F)F)NC1CCN(CC2CCCC2)CC1. The van der Waals surface area contributed by atoms with Gasteiger partial charge in [-0.25, -0.2) is 0 Å². The molecule has 154 valence electrons. The van der Waals surface area contributed by atoms with Crippen molar-refractivity contribution in [2.24, 2.45) is 5.92 Å². The third-order valence-corrected chi connectivity index (χ3v) is 5.48. The van der Waals surface area contributed by atoms with Crippen molar-refractivity contribution < 1.29 is 22.7 Å². The first-order valence-corrected chi connectivity index (χ1v) is 9.95. The molecule has 0 aromatic heterocycles. The molecule has 2 aliphatic rings. The van der Waals surface area contributed by atoms with Gasteiger partial charge in [-0.05, 0) is 43.7 Å². The number of likely N-dealkylation sites (tertiary alicyclic amines) is 1. The van der Waals surface area contributed by atoms with Crippen LogP contribution < -0.4 is 10.1 Å². The number of amides is 1. The molecule has 1 heterocycles. The number of hydrogen-bond donors (Lipinski definition) is 1. The number of nitrogens with zero attached hydrogens (tertiary/aromatic N) is 1. The molecule has 0 spiro atoms. The summed E-state index contributed by atoms with van der Waals surface area (Å²) in [6.45, 7) is 3.12. The monoisotopic (exact) mass is 396 g/mol. The highest BCUT2D eigenvalue weighted by Crippen LogP contribution is 2.28. The first-order chi connectivity index (χ1) is 13.4. The highest BCUT2D eigenvalue weighted by atomic mass is 19.4. The van der Waals surface area contributed by atoms with E-state index < -0.39 is 6.36 Å². The summed E-state index contributed by atoms with van der Waals surface area (Å²) in [5.41, 5.74) is 0.210. The number of piperidine rings is 1. The third kappa shape index (κ3) is 6.55. The van der Waals surface area contributed by atoms with Crippen LogP contribution in [0.5, 0.6) is 5.75 Å². The fraction of sp³-hybridized carbons (Fsp3) is 0.571. The molecule has 2 fully saturated rings. The van der Waals surface area contributed by atoms with E-state index in [-0.39, 0.29) is 23.3 Å². The molecule has 1 amide bonds. The second kappa shape index (κ2) is 9.45. The molecule has 0 unspecified atom stereocenters. The number of nitrogens with one attached hydrogen (secondary N) is 1. The molecule has 1 saturated heterocycles. The van der Waals surface area contributed by atoms with E-state index in [2.05, 4.69) is 15.0 Å². The minimum absolute atomic E-state index is 0.110. The predicted molar refractivity (Wildman–Crippen MR) is 102 cm³/mol. The average molecular weight is 396 g/mol. The molecule has 28 heavy (non-hydrogen) atoms. The van der Waals surface area contributed by atoms with Gasteiger partial charge in [0.05, 0.1) is 0 Å². The van der Waals surface area contributed by atoms with E-state index in [1.807, 2.05) is 0 Å². The molecule has 0 radical (unpaired) electrons. The van der Waals surface area contributed by atoms with Crippen LogP contribution in [0.25, 0.3) is 6.08 Å². The molecular weight excluding hydrogens is 369 g/mol. The van der Waals surface area contributed by atoms with Crippen LogP contribution >= 0.6 is 0 Å². The summed E-state index contributed by atoms with van der Waals surface area (Å²) in [4.78, 5) is 14.7. The van der Waals surface area contributed by atoms with E-state index in [1.54, 1.807) is 6.07 Å². The van der Waals surface area contributed by atoms with Crippen molar-refractivity contribution in [3.05, 3.63) is 35.9 Å². The highest BCUT2D eigenvalue weighted by Gasteiger charge is 2.31. The number of carbonyl (C=O) groups excluding carboxylic acids is 1. The van der Waals surface area contributed by atoms with Gasteiger partial charge in [0.25, 0.3) is 0 Å². The summed E-state index contributed by atoms with van der Waals surface area (Å²) in [6.07, 6.45) is 5.03. The maximum atomic E-state index is 12.5. The summed E-state index contributed by atoms with van der Waals surface area (Å²) in [7, 11) is 0. The smallest absolute Gasteiger partial charge is 0.405 e. The Morgan fingerprint density at radius 1 is 1.14 bits per heavy atom. The zero-order chi connectivity index (χ0) is 20.0. The van der Waals surface area contributed by atoms with Crippen LogP contribution in [-0.4, -0.2) is 42.8 Å². The van der Waals surface area contributed by atoms with Gasteiger partial charge in [-0.15, -0.1) is 13.2 Å². The number of benzene rings is 1.